The summed E-state index contributed by atoms with van der Waals surface area (Å²) in [5.74, 6) is -1.61. The summed E-state index contributed by atoms with van der Waals surface area (Å²) in [5, 5.41) is 2.13. The van der Waals surface area contributed by atoms with Crippen molar-refractivity contribution in [2.24, 2.45) is 0 Å². The molecule has 0 saturated heterocycles. The first kappa shape index (κ1) is 14.8. The van der Waals surface area contributed by atoms with Gasteiger partial charge >= 0.3 is 0 Å². The highest BCUT2D eigenvalue weighted by molar-refractivity contribution is 6.35. The Morgan fingerprint density at radius 2 is 1.70 bits per heavy atom. The van der Waals surface area contributed by atoms with Crippen molar-refractivity contribution in [2.45, 2.75) is 6.92 Å². The molecule has 20 heavy (non-hydrogen) atoms. The first-order chi connectivity index (χ1) is 9.38. The number of hydrogen-bond donors (Lipinski definition) is 1. The van der Waals surface area contributed by atoms with Crippen LogP contribution in [0.25, 0.3) is 0 Å². The maximum Gasteiger partial charge on any atom is 0.255 e. The van der Waals surface area contributed by atoms with Crippen LogP contribution in [0.2, 0.25) is 10.0 Å². The number of halogens is 4. The van der Waals surface area contributed by atoms with E-state index in [1.165, 1.54) is 30.3 Å². The van der Waals surface area contributed by atoms with Crippen LogP contribution < -0.4 is 5.32 Å². The lowest BCUT2D eigenvalue weighted by Gasteiger charge is -2.08. The highest BCUT2D eigenvalue weighted by atomic mass is 35.5. The van der Waals surface area contributed by atoms with Crippen LogP contribution in [0.1, 0.15) is 15.9 Å². The fraction of sp³-hybridized carbons (Fsp3) is 0.0714. The molecule has 1 N–H and O–H groups in total. The molecule has 0 saturated carbocycles. The van der Waals surface area contributed by atoms with Gasteiger partial charge in [0.25, 0.3) is 5.91 Å². The first-order valence-electron chi connectivity index (χ1n) is 5.60. The van der Waals surface area contributed by atoms with E-state index in [9.17, 15) is 13.6 Å². The lowest BCUT2D eigenvalue weighted by atomic mass is 10.1. The van der Waals surface area contributed by atoms with Crippen molar-refractivity contribution in [1.29, 1.82) is 0 Å². The molecule has 0 spiro atoms. The van der Waals surface area contributed by atoms with Crippen molar-refractivity contribution in [3.63, 3.8) is 0 Å². The molecule has 2 rings (SSSR count). The molecule has 0 radical (unpaired) electrons. The number of benzene rings is 2. The van der Waals surface area contributed by atoms with Gasteiger partial charge < -0.3 is 5.32 Å². The van der Waals surface area contributed by atoms with Crippen molar-refractivity contribution >= 4 is 34.8 Å². The van der Waals surface area contributed by atoms with Gasteiger partial charge in [-0.3, -0.25) is 4.79 Å². The second kappa shape index (κ2) is 5.77. The Morgan fingerprint density at radius 3 is 2.25 bits per heavy atom. The van der Waals surface area contributed by atoms with Crippen LogP contribution in [0.5, 0.6) is 0 Å². The van der Waals surface area contributed by atoms with E-state index in [2.05, 4.69) is 5.32 Å². The van der Waals surface area contributed by atoms with Gasteiger partial charge in [-0.15, -0.1) is 0 Å². The Bertz CT molecular complexity index is 666. The summed E-state index contributed by atoms with van der Waals surface area (Å²) in [4.78, 5) is 12.0. The zero-order chi connectivity index (χ0) is 14.9. The molecular weight excluding hydrogens is 307 g/mol. The fourth-order valence-corrected chi connectivity index (χ4v) is 2.10. The maximum atomic E-state index is 13.3. The van der Waals surface area contributed by atoms with Crippen molar-refractivity contribution in [3.05, 3.63) is 63.1 Å². The van der Waals surface area contributed by atoms with E-state index in [0.717, 1.165) is 0 Å². The molecule has 104 valence electrons. The molecule has 0 unspecified atom stereocenters. The highest BCUT2D eigenvalue weighted by Gasteiger charge is 2.12. The van der Waals surface area contributed by atoms with Crippen molar-refractivity contribution in [1.82, 2.24) is 0 Å². The third-order valence-corrected chi connectivity index (χ3v) is 3.21. The van der Waals surface area contributed by atoms with E-state index < -0.39 is 17.5 Å². The Kier molecular flexibility index (Phi) is 4.26. The second-order valence-electron chi connectivity index (χ2n) is 4.17. The standard InChI is InChI=1S/C14H9Cl2F2NO/c1-7-4-8(2-3-12(7)17)14(20)19-9-5-10(15)13(18)11(16)6-9/h2-6H,1H3,(H,19,20). The zero-order valence-corrected chi connectivity index (χ0v) is 11.8. The zero-order valence-electron chi connectivity index (χ0n) is 10.3. The molecule has 1 amide bonds. The quantitative estimate of drug-likeness (QED) is 0.790. The van der Waals surface area contributed by atoms with Crippen LogP contribution in [-0.4, -0.2) is 5.91 Å². The number of rotatable bonds is 2. The molecule has 0 aliphatic heterocycles. The Morgan fingerprint density at radius 1 is 1.10 bits per heavy atom. The minimum atomic E-state index is -0.746. The molecule has 0 atom stereocenters. The van der Waals surface area contributed by atoms with Crippen LogP contribution >= 0.6 is 23.2 Å². The summed E-state index contributed by atoms with van der Waals surface area (Å²) < 4.78 is 26.4. The largest absolute Gasteiger partial charge is 0.322 e. The molecule has 0 aliphatic carbocycles. The van der Waals surface area contributed by atoms with E-state index in [0.29, 0.717) is 5.56 Å². The molecule has 0 bridgehead atoms. The normalized spacial score (nSPS) is 10.4. The molecule has 0 heterocycles. The average Bonchev–Trinajstić information content (AvgIpc) is 2.39. The monoisotopic (exact) mass is 315 g/mol. The van der Waals surface area contributed by atoms with Gasteiger partial charge in [0.2, 0.25) is 0 Å². The van der Waals surface area contributed by atoms with Crippen molar-refractivity contribution < 1.29 is 13.6 Å². The van der Waals surface area contributed by atoms with Gasteiger partial charge in [0.05, 0.1) is 10.0 Å². The van der Waals surface area contributed by atoms with Crippen LogP contribution in [0.15, 0.2) is 30.3 Å². The molecule has 2 aromatic carbocycles. The number of carbonyl (C=O) groups excluding carboxylic acids is 1. The van der Waals surface area contributed by atoms with Gasteiger partial charge in [0, 0.05) is 11.3 Å². The SMILES string of the molecule is Cc1cc(C(=O)Nc2cc(Cl)c(F)c(Cl)c2)ccc1F. The Balaban J connectivity index is 2.25. The predicted octanol–water partition coefficient (Wildman–Crippen LogP) is 4.83. The van der Waals surface area contributed by atoms with Gasteiger partial charge in [0.1, 0.15) is 5.82 Å². The third-order valence-electron chi connectivity index (χ3n) is 2.66. The number of aryl methyl sites for hydroxylation is 1. The predicted molar refractivity (Wildman–Crippen MR) is 75.5 cm³/mol. The molecule has 6 heteroatoms. The van der Waals surface area contributed by atoms with Gasteiger partial charge in [0.15, 0.2) is 5.82 Å². The lowest BCUT2D eigenvalue weighted by molar-refractivity contribution is 0.102. The molecule has 2 nitrogen and oxygen atoms in total. The van der Waals surface area contributed by atoms with Crippen LogP contribution in [0, 0.1) is 18.6 Å². The van der Waals surface area contributed by atoms with Crippen molar-refractivity contribution in [2.75, 3.05) is 5.32 Å². The smallest absolute Gasteiger partial charge is 0.255 e. The summed E-state index contributed by atoms with van der Waals surface area (Å²) in [7, 11) is 0. The number of carbonyl (C=O) groups is 1. The summed E-state index contributed by atoms with van der Waals surface area (Å²) >= 11 is 11.3. The lowest BCUT2D eigenvalue weighted by Crippen LogP contribution is -2.12. The van der Waals surface area contributed by atoms with Gasteiger partial charge in [-0.25, -0.2) is 8.78 Å². The van der Waals surface area contributed by atoms with Gasteiger partial charge in [-0.05, 0) is 42.8 Å². The highest BCUT2D eigenvalue weighted by Crippen LogP contribution is 2.27. The molecule has 0 aliphatic rings. The Hall–Kier alpha value is -1.65. The van der Waals surface area contributed by atoms with E-state index >= 15 is 0 Å². The van der Waals surface area contributed by atoms with Crippen LogP contribution in [0.4, 0.5) is 14.5 Å². The Labute approximate surface area is 124 Å². The van der Waals surface area contributed by atoms with Gasteiger partial charge in [-0.1, -0.05) is 23.2 Å². The number of hydrogen-bond acceptors (Lipinski definition) is 1. The molecule has 0 aromatic heterocycles. The minimum Gasteiger partial charge on any atom is -0.322 e. The molecular formula is C14H9Cl2F2NO. The second-order valence-corrected chi connectivity index (χ2v) is 4.99. The third kappa shape index (κ3) is 3.08. The van der Waals surface area contributed by atoms with Gasteiger partial charge in [-0.2, -0.15) is 0 Å². The summed E-state index contributed by atoms with van der Waals surface area (Å²) in [5.41, 5.74) is 0.890. The number of amides is 1. The number of anilines is 1. The summed E-state index contributed by atoms with van der Waals surface area (Å²) in [6.07, 6.45) is 0. The van der Waals surface area contributed by atoms with E-state index in [4.69, 9.17) is 23.2 Å². The molecule has 2 aromatic rings. The number of nitrogens with one attached hydrogen (secondary N) is 1. The van der Waals surface area contributed by atoms with E-state index in [-0.39, 0.29) is 21.3 Å². The van der Waals surface area contributed by atoms with E-state index in [1.807, 2.05) is 0 Å². The molecule has 0 fully saturated rings. The first-order valence-corrected chi connectivity index (χ1v) is 6.36. The topological polar surface area (TPSA) is 29.1 Å². The minimum absolute atomic E-state index is 0.192. The van der Waals surface area contributed by atoms with Crippen LogP contribution in [-0.2, 0) is 0 Å². The average molecular weight is 316 g/mol. The van der Waals surface area contributed by atoms with Crippen molar-refractivity contribution in [3.8, 4) is 0 Å². The van der Waals surface area contributed by atoms with Crippen LogP contribution in [0.3, 0.4) is 0 Å². The maximum absolute atomic E-state index is 13.3. The summed E-state index contributed by atoms with van der Waals surface area (Å²) in [6.45, 7) is 1.55. The van der Waals surface area contributed by atoms with E-state index in [1.54, 1.807) is 6.92 Å². The fourth-order valence-electron chi connectivity index (χ4n) is 1.62. The summed E-state index contributed by atoms with van der Waals surface area (Å²) in [6, 6.07) is 6.46.